The number of carbonyl (C=O) groups excluding carboxylic acids is 1. The second kappa shape index (κ2) is 17.7. The van der Waals surface area contributed by atoms with Gasteiger partial charge >= 0.3 is 0 Å². The van der Waals surface area contributed by atoms with E-state index in [9.17, 15) is 9.90 Å². The highest BCUT2D eigenvalue weighted by Crippen LogP contribution is 2.38. The van der Waals surface area contributed by atoms with E-state index in [2.05, 4.69) is 49.4 Å². The SMILES string of the molecule is C=C(/C(=C1/C(C)=C/C(=O)/C(=C\O)C=NCCN1C)C1C=CC(OC)=CC1)c1ccc(OC)cc1.CC.CC(C)C. The number of hydrogen-bond donors (Lipinski definition) is 1. The number of nitrogens with zero attached hydrogens (tertiary/aromatic N) is 2. The lowest BCUT2D eigenvalue weighted by Gasteiger charge is -2.31. The Morgan fingerprint density at radius 1 is 1.15 bits per heavy atom. The summed E-state index contributed by atoms with van der Waals surface area (Å²) in [5.41, 5.74) is 4.73. The first-order chi connectivity index (χ1) is 19.1. The second-order valence-electron chi connectivity index (χ2n) is 9.95. The molecule has 1 aliphatic heterocycles. The zero-order valence-corrected chi connectivity index (χ0v) is 25.8. The largest absolute Gasteiger partial charge is 0.515 e. The van der Waals surface area contributed by atoms with Crippen molar-refractivity contribution < 1.29 is 19.4 Å². The normalized spacial score (nSPS) is 20.8. The third kappa shape index (κ3) is 10.1. The number of aliphatic imine (C=N–C) groups is 1. The molecule has 3 rings (SSSR count). The van der Waals surface area contributed by atoms with Crippen LogP contribution in [0.2, 0.25) is 0 Å². The number of benzene rings is 1. The Morgan fingerprint density at radius 3 is 2.27 bits per heavy atom. The average Bonchev–Trinajstić information content (AvgIpc) is 2.95. The van der Waals surface area contributed by atoms with Crippen LogP contribution in [0.4, 0.5) is 0 Å². The first-order valence-electron chi connectivity index (χ1n) is 13.9. The van der Waals surface area contributed by atoms with Crippen LogP contribution in [0, 0.1) is 11.8 Å². The molecule has 0 fully saturated rings. The van der Waals surface area contributed by atoms with Crippen LogP contribution in [0.25, 0.3) is 5.57 Å². The second-order valence-corrected chi connectivity index (χ2v) is 9.95. The lowest BCUT2D eigenvalue weighted by atomic mass is 9.82. The maximum atomic E-state index is 12.8. The summed E-state index contributed by atoms with van der Waals surface area (Å²) >= 11 is 0. The van der Waals surface area contributed by atoms with Gasteiger partial charge in [-0.15, -0.1) is 0 Å². The van der Waals surface area contributed by atoms with Crippen molar-refractivity contribution in [3.63, 3.8) is 0 Å². The summed E-state index contributed by atoms with van der Waals surface area (Å²) < 4.78 is 10.7. The molecular formula is C34H48N2O4. The van der Waals surface area contributed by atoms with Gasteiger partial charge in [-0.1, -0.05) is 59.4 Å². The van der Waals surface area contributed by atoms with Crippen LogP contribution in [-0.4, -0.2) is 56.4 Å². The number of ether oxygens (including phenoxy) is 2. The molecule has 0 saturated heterocycles. The maximum Gasteiger partial charge on any atom is 0.190 e. The van der Waals surface area contributed by atoms with Gasteiger partial charge in [-0.3, -0.25) is 9.79 Å². The highest BCUT2D eigenvalue weighted by Gasteiger charge is 2.25. The minimum Gasteiger partial charge on any atom is -0.515 e. The molecule has 1 N–H and O–H groups in total. The zero-order chi connectivity index (χ0) is 30.2. The summed E-state index contributed by atoms with van der Waals surface area (Å²) in [4.78, 5) is 19.2. The quantitative estimate of drug-likeness (QED) is 0.301. The summed E-state index contributed by atoms with van der Waals surface area (Å²) in [6.07, 6.45) is 10.7. The van der Waals surface area contributed by atoms with Crippen molar-refractivity contribution in [3.8, 4) is 5.75 Å². The van der Waals surface area contributed by atoms with Gasteiger partial charge in [0.2, 0.25) is 0 Å². The fraction of sp³-hybridized carbons (Fsp3) is 0.412. The van der Waals surface area contributed by atoms with E-state index in [1.807, 2.05) is 58.2 Å². The molecule has 0 radical (unpaired) electrons. The third-order valence-electron chi connectivity index (χ3n) is 6.01. The molecule has 0 amide bonds. The van der Waals surface area contributed by atoms with Crippen LogP contribution in [-0.2, 0) is 9.53 Å². The minimum absolute atomic E-state index is 0.0312. The molecular weight excluding hydrogens is 500 g/mol. The van der Waals surface area contributed by atoms with E-state index in [1.54, 1.807) is 20.3 Å². The molecule has 1 unspecified atom stereocenters. The third-order valence-corrected chi connectivity index (χ3v) is 6.01. The van der Waals surface area contributed by atoms with E-state index < -0.39 is 0 Å². The van der Waals surface area contributed by atoms with E-state index >= 15 is 0 Å². The van der Waals surface area contributed by atoms with Crippen molar-refractivity contribution in [3.05, 3.63) is 95.1 Å². The highest BCUT2D eigenvalue weighted by atomic mass is 16.5. The summed E-state index contributed by atoms with van der Waals surface area (Å²) in [7, 11) is 5.30. The van der Waals surface area contributed by atoms with Crippen LogP contribution in [0.5, 0.6) is 5.75 Å². The Bertz CT molecular complexity index is 1160. The molecule has 1 aliphatic carbocycles. The van der Waals surface area contributed by atoms with Crippen molar-refractivity contribution >= 4 is 17.6 Å². The van der Waals surface area contributed by atoms with Gasteiger partial charge in [0.15, 0.2) is 5.78 Å². The highest BCUT2D eigenvalue weighted by molar-refractivity contribution is 6.18. The fourth-order valence-corrected chi connectivity index (χ4v) is 4.17. The molecule has 6 heteroatoms. The van der Waals surface area contributed by atoms with Gasteiger partial charge in [0.1, 0.15) is 11.5 Å². The molecule has 1 heterocycles. The zero-order valence-electron chi connectivity index (χ0n) is 25.8. The smallest absolute Gasteiger partial charge is 0.190 e. The van der Waals surface area contributed by atoms with E-state index in [0.29, 0.717) is 13.1 Å². The van der Waals surface area contributed by atoms with Crippen molar-refractivity contribution in [2.24, 2.45) is 16.8 Å². The molecule has 0 aromatic heterocycles. The number of rotatable bonds is 5. The number of likely N-dealkylation sites (N-methyl/N-ethyl adjacent to an activating group) is 1. The monoisotopic (exact) mass is 548 g/mol. The van der Waals surface area contributed by atoms with Gasteiger partial charge < -0.3 is 19.5 Å². The molecule has 1 aromatic carbocycles. The van der Waals surface area contributed by atoms with Crippen molar-refractivity contribution in [2.45, 2.75) is 48.0 Å². The van der Waals surface area contributed by atoms with Gasteiger partial charge in [-0.05, 0) is 71.9 Å². The molecule has 0 spiro atoms. The van der Waals surface area contributed by atoms with Gasteiger partial charge in [0.05, 0.1) is 32.6 Å². The van der Waals surface area contributed by atoms with Crippen LogP contribution in [0.3, 0.4) is 0 Å². The number of aliphatic hydroxyl groups is 1. The summed E-state index contributed by atoms with van der Waals surface area (Å²) in [5, 5.41) is 9.51. The van der Waals surface area contributed by atoms with Gasteiger partial charge in [0, 0.05) is 31.4 Å². The number of aliphatic hydroxyl groups excluding tert-OH is 1. The van der Waals surface area contributed by atoms with Gasteiger partial charge in [-0.2, -0.15) is 0 Å². The first kappa shape index (κ1) is 34.2. The van der Waals surface area contributed by atoms with Crippen LogP contribution in [0.15, 0.2) is 94.6 Å². The number of ketones is 1. The maximum absolute atomic E-state index is 12.8. The summed E-state index contributed by atoms with van der Waals surface area (Å²) in [6.45, 7) is 18.0. The molecule has 6 nitrogen and oxygen atoms in total. The lowest BCUT2D eigenvalue weighted by molar-refractivity contribution is -0.111. The first-order valence-corrected chi connectivity index (χ1v) is 13.9. The Hall–Kier alpha value is -3.80. The molecule has 218 valence electrons. The Morgan fingerprint density at radius 2 is 1.77 bits per heavy atom. The molecule has 40 heavy (non-hydrogen) atoms. The average molecular weight is 549 g/mol. The summed E-state index contributed by atoms with van der Waals surface area (Å²) in [6, 6.07) is 7.81. The van der Waals surface area contributed by atoms with E-state index in [-0.39, 0.29) is 17.3 Å². The fourth-order valence-electron chi connectivity index (χ4n) is 4.17. The van der Waals surface area contributed by atoms with Crippen molar-refractivity contribution in [1.82, 2.24) is 4.90 Å². The van der Waals surface area contributed by atoms with Gasteiger partial charge in [0.25, 0.3) is 0 Å². The summed E-state index contributed by atoms with van der Waals surface area (Å²) in [5.74, 6) is 2.16. The molecule has 2 aliphatic rings. The number of hydrogen-bond acceptors (Lipinski definition) is 6. The Labute approximate surface area is 241 Å². The van der Waals surface area contributed by atoms with E-state index in [4.69, 9.17) is 9.47 Å². The Kier molecular flexibility index (Phi) is 15.2. The van der Waals surface area contributed by atoms with Crippen molar-refractivity contribution in [2.75, 3.05) is 34.4 Å². The van der Waals surface area contributed by atoms with E-state index in [0.717, 1.165) is 58.1 Å². The predicted molar refractivity (Wildman–Crippen MR) is 169 cm³/mol. The molecule has 0 saturated carbocycles. The number of methoxy groups -OCH3 is 2. The Balaban J connectivity index is 0.00000122. The standard InChI is InChI=1S/C28H32N2O4.C4H10.C2H6/c1-19-16-26(32)23(18-31)17-29-14-15-30(3)28(19)27(22-8-12-25(34-5)13-9-22)20(2)21-6-10-24(33-4)11-7-21;1-4(2)3;1-2/h6-8,10-13,16-18,22,31H,2,9,14-15H2,1,3-5H3;4H,1-3H3;1-2H3/b19-16+,23-18-,28-27+,29-17?;;. The van der Waals surface area contributed by atoms with Crippen LogP contribution >= 0.6 is 0 Å². The topological polar surface area (TPSA) is 71.4 Å². The van der Waals surface area contributed by atoms with E-state index in [1.165, 1.54) is 6.21 Å². The minimum atomic E-state index is -0.299. The van der Waals surface area contributed by atoms with Crippen LogP contribution < -0.4 is 4.74 Å². The number of carbonyl (C=O) groups is 1. The number of allylic oxidation sites excluding steroid dienone is 8. The molecule has 0 bridgehead atoms. The van der Waals surface area contributed by atoms with Crippen molar-refractivity contribution in [1.29, 1.82) is 0 Å². The van der Waals surface area contributed by atoms with Gasteiger partial charge in [-0.25, -0.2) is 0 Å². The molecule has 1 aromatic rings. The lowest BCUT2D eigenvalue weighted by Crippen LogP contribution is -2.26. The molecule has 1 atom stereocenters. The van der Waals surface area contributed by atoms with Crippen LogP contribution in [0.1, 0.15) is 53.5 Å². The predicted octanol–water partition coefficient (Wildman–Crippen LogP) is 7.73.